The number of rotatable bonds is 7. The van der Waals surface area contributed by atoms with E-state index >= 15 is 0 Å². The lowest BCUT2D eigenvalue weighted by atomic mass is 9.67. The molecule has 2 atom stereocenters. The minimum Gasteiger partial charge on any atom is -0.341 e. The smallest absolute Gasteiger partial charge is 0.341 e. The molecule has 3 aromatic rings. The summed E-state index contributed by atoms with van der Waals surface area (Å²) in [4.78, 5) is 57.3. The molecule has 236 valence electrons. The molecule has 1 spiro atoms. The number of alkyl halides is 3. The lowest BCUT2D eigenvalue weighted by molar-refractivity contribution is -0.146. The Morgan fingerprint density at radius 1 is 0.933 bits per heavy atom. The van der Waals surface area contributed by atoms with Gasteiger partial charge in [0.25, 0.3) is 5.91 Å². The molecule has 7 nitrogen and oxygen atoms in total. The molecule has 1 N–H and O–H groups in total. The number of halogens is 4. The monoisotopic (exact) mass is 623 g/mol. The van der Waals surface area contributed by atoms with Gasteiger partial charge in [-0.1, -0.05) is 74.5 Å². The first-order chi connectivity index (χ1) is 21.3. The first-order valence-electron chi connectivity index (χ1n) is 14.7. The number of carbonyl (C=O) groups excluding carboxylic acids is 4. The number of hydrogen-bond acceptors (Lipinski definition) is 4. The molecule has 2 heterocycles. The minimum atomic E-state index is -4.78. The highest BCUT2D eigenvalue weighted by molar-refractivity contribution is 6.10. The molecule has 5 rings (SSSR count). The van der Waals surface area contributed by atoms with Crippen molar-refractivity contribution in [2.24, 2.45) is 11.3 Å². The fourth-order valence-electron chi connectivity index (χ4n) is 6.34. The maximum atomic E-state index is 14.4. The van der Waals surface area contributed by atoms with Gasteiger partial charge in [-0.25, -0.2) is 4.39 Å². The van der Waals surface area contributed by atoms with Crippen molar-refractivity contribution in [3.05, 3.63) is 107 Å². The van der Waals surface area contributed by atoms with Crippen LogP contribution >= 0.6 is 0 Å². The summed E-state index contributed by atoms with van der Waals surface area (Å²) in [6, 6.07) is 18.6. The molecule has 0 radical (unpaired) electrons. The van der Waals surface area contributed by atoms with E-state index in [1.807, 2.05) is 60.7 Å². The Balaban J connectivity index is 1.36. The van der Waals surface area contributed by atoms with E-state index in [1.165, 1.54) is 9.80 Å². The van der Waals surface area contributed by atoms with Crippen molar-refractivity contribution in [2.45, 2.75) is 51.4 Å². The number of nitrogens with zero attached hydrogens (tertiary/aromatic N) is 2. The summed E-state index contributed by atoms with van der Waals surface area (Å²) in [5, 5.41) is 2.43. The summed E-state index contributed by atoms with van der Waals surface area (Å²) in [6.45, 7) is 3.65. The van der Waals surface area contributed by atoms with Crippen LogP contribution in [0.4, 0.5) is 17.6 Å². The van der Waals surface area contributed by atoms with E-state index in [1.54, 1.807) is 13.8 Å². The third kappa shape index (κ3) is 6.21. The normalized spacial score (nSPS) is 18.9. The molecule has 45 heavy (non-hydrogen) atoms. The number of nitrogens with one attached hydrogen (secondary N) is 1. The standard InChI is InChI=1S/C34H33F4N3O4/c1-21(2)28(39-29(42)25-19-24(34(36,37)38)13-14-26(25)35)31(44)40-17-15-33(16-18-40)27(23-11-7-4-8-12-23)30(43)41(32(33)45)20-22-9-5-3-6-10-22/h3-14,19,21,27-28H,15-18,20H2,1-2H3,(H,39,42)/t27?,28-/m1/s1. The molecule has 2 aliphatic heterocycles. The van der Waals surface area contributed by atoms with Crippen LogP contribution < -0.4 is 5.32 Å². The third-order valence-corrected chi connectivity index (χ3v) is 8.78. The SMILES string of the molecule is CC(C)[C@@H](NC(=O)c1cc(C(F)(F)F)ccc1F)C(=O)N1CCC2(CC1)C(=O)N(Cc1ccccc1)C(=O)C2c1ccccc1. The summed E-state index contributed by atoms with van der Waals surface area (Å²) in [5.41, 5.74) is -1.57. The van der Waals surface area contributed by atoms with Gasteiger partial charge in [-0.2, -0.15) is 13.2 Å². The lowest BCUT2D eigenvalue weighted by Crippen LogP contribution is -2.55. The average Bonchev–Trinajstić information content (AvgIpc) is 3.21. The maximum Gasteiger partial charge on any atom is 0.416 e. The van der Waals surface area contributed by atoms with Gasteiger partial charge in [0, 0.05) is 13.1 Å². The van der Waals surface area contributed by atoms with Crippen molar-refractivity contribution in [3.8, 4) is 0 Å². The molecule has 0 aromatic heterocycles. The van der Waals surface area contributed by atoms with Crippen LogP contribution in [-0.2, 0) is 27.1 Å². The van der Waals surface area contributed by atoms with Crippen LogP contribution in [0, 0.1) is 17.2 Å². The predicted molar refractivity (Wildman–Crippen MR) is 157 cm³/mol. The van der Waals surface area contributed by atoms with Gasteiger partial charge < -0.3 is 10.2 Å². The third-order valence-electron chi connectivity index (χ3n) is 8.78. The summed E-state index contributed by atoms with van der Waals surface area (Å²) in [5.74, 6) is -4.62. The van der Waals surface area contributed by atoms with Crippen LogP contribution in [0.2, 0.25) is 0 Å². The highest BCUT2D eigenvalue weighted by atomic mass is 19.4. The van der Waals surface area contributed by atoms with Crippen LogP contribution in [0.25, 0.3) is 0 Å². The first kappa shape index (κ1) is 31.9. The number of benzene rings is 3. The molecule has 11 heteroatoms. The van der Waals surface area contributed by atoms with Crippen LogP contribution in [0.15, 0.2) is 78.9 Å². The second-order valence-corrected chi connectivity index (χ2v) is 11.9. The average molecular weight is 624 g/mol. The largest absolute Gasteiger partial charge is 0.416 e. The Labute approximate surface area is 258 Å². The van der Waals surface area contributed by atoms with Gasteiger partial charge in [0.15, 0.2) is 0 Å². The van der Waals surface area contributed by atoms with Crippen LogP contribution in [-0.4, -0.2) is 52.6 Å². The Hall–Kier alpha value is -4.54. The molecule has 1 unspecified atom stereocenters. The van der Waals surface area contributed by atoms with Crippen molar-refractivity contribution in [2.75, 3.05) is 13.1 Å². The van der Waals surface area contributed by atoms with Crippen LogP contribution in [0.3, 0.4) is 0 Å². The molecular weight excluding hydrogens is 590 g/mol. The summed E-state index contributed by atoms with van der Waals surface area (Å²) >= 11 is 0. The number of imide groups is 1. The number of hydrogen-bond donors (Lipinski definition) is 1. The second kappa shape index (κ2) is 12.5. The van der Waals surface area contributed by atoms with E-state index in [9.17, 15) is 36.7 Å². The fourth-order valence-corrected chi connectivity index (χ4v) is 6.34. The van der Waals surface area contributed by atoms with Gasteiger partial charge in [-0.05, 0) is 48.1 Å². The van der Waals surface area contributed by atoms with Crippen molar-refractivity contribution in [1.29, 1.82) is 0 Å². The van der Waals surface area contributed by atoms with E-state index in [4.69, 9.17) is 0 Å². The highest BCUT2D eigenvalue weighted by Crippen LogP contribution is 2.52. The molecule has 4 amide bonds. The summed E-state index contributed by atoms with van der Waals surface area (Å²) < 4.78 is 54.0. The Kier molecular flexibility index (Phi) is 8.82. The fraction of sp³-hybridized carbons (Fsp3) is 0.353. The summed E-state index contributed by atoms with van der Waals surface area (Å²) in [7, 11) is 0. The van der Waals surface area contributed by atoms with Crippen molar-refractivity contribution in [1.82, 2.24) is 15.1 Å². The number of amides is 4. The number of likely N-dealkylation sites (tertiary alicyclic amines) is 2. The van der Waals surface area contributed by atoms with Crippen molar-refractivity contribution >= 4 is 23.6 Å². The minimum absolute atomic E-state index is 0.109. The van der Waals surface area contributed by atoms with Gasteiger partial charge in [0.2, 0.25) is 17.7 Å². The highest BCUT2D eigenvalue weighted by Gasteiger charge is 2.60. The molecule has 2 aliphatic rings. The molecular formula is C34H33F4N3O4. The molecule has 2 saturated heterocycles. The molecule has 3 aromatic carbocycles. The first-order valence-corrected chi connectivity index (χ1v) is 14.7. The predicted octanol–water partition coefficient (Wildman–Crippen LogP) is 5.56. The lowest BCUT2D eigenvalue weighted by Gasteiger charge is -2.41. The van der Waals surface area contributed by atoms with Gasteiger partial charge in [-0.15, -0.1) is 0 Å². The maximum absolute atomic E-state index is 14.4. The second-order valence-electron chi connectivity index (χ2n) is 11.9. The Morgan fingerprint density at radius 3 is 2.11 bits per heavy atom. The molecule has 2 fully saturated rings. The van der Waals surface area contributed by atoms with Crippen LogP contribution in [0.5, 0.6) is 0 Å². The van der Waals surface area contributed by atoms with E-state index in [2.05, 4.69) is 5.32 Å². The van der Waals surface area contributed by atoms with Crippen molar-refractivity contribution in [3.63, 3.8) is 0 Å². The van der Waals surface area contributed by atoms with Crippen molar-refractivity contribution < 1.29 is 36.7 Å². The van der Waals surface area contributed by atoms with E-state index in [-0.39, 0.29) is 44.3 Å². The zero-order chi connectivity index (χ0) is 32.5. The van der Waals surface area contributed by atoms with Gasteiger partial charge in [-0.3, -0.25) is 24.1 Å². The van der Waals surface area contributed by atoms with E-state index in [0.29, 0.717) is 23.8 Å². The van der Waals surface area contributed by atoms with E-state index < -0.39 is 58.2 Å². The van der Waals surface area contributed by atoms with Crippen LogP contribution in [0.1, 0.15) is 59.7 Å². The zero-order valence-corrected chi connectivity index (χ0v) is 24.8. The Morgan fingerprint density at radius 2 is 1.53 bits per heavy atom. The van der Waals surface area contributed by atoms with Gasteiger partial charge in [0.05, 0.1) is 29.0 Å². The Bertz CT molecular complexity index is 1590. The quantitative estimate of drug-likeness (QED) is 0.276. The van der Waals surface area contributed by atoms with E-state index in [0.717, 1.165) is 5.56 Å². The molecule has 0 saturated carbocycles. The zero-order valence-electron chi connectivity index (χ0n) is 24.8. The summed E-state index contributed by atoms with van der Waals surface area (Å²) in [6.07, 6.45) is -4.41. The molecule has 0 bridgehead atoms. The van der Waals surface area contributed by atoms with Gasteiger partial charge in [0.1, 0.15) is 11.9 Å². The topological polar surface area (TPSA) is 86.8 Å². The van der Waals surface area contributed by atoms with Gasteiger partial charge >= 0.3 is 6.18 Å². The number of carbonyl (C=O) groups is 4. The number of piperidine rings is 1. The molecule has 0 aliphatic carbocycles.